The van der Waals surface area contributed by atoms with Crippen LogP contribution >= 0.6 is 0 Å². The van der Waals surface area contributed by atoms with Crippen molar-refractivity contribution < 1.29 is 28.6 Å². The Morgan fingerprint density at radius 1 is 0.714 bits per heavy atom. The van der Waals surface area contributed by atoms with E-state index in [9.17, 15) is 14.4 Å². The Bertz CT molecular complexity index is 1330. The first kappa shape index (κ1) is 34.8. The molecule has 42 heavy (non-hydrogen) atoms. The predicted molar refractivity (Wildman–Crippen MR) is 170 cm³/mol. The highest BCUT2D eigenvalue weighted by molar-refractivity contribution is 6.07. The Kier molecular flexibility index (Phi) is 10.6. The first-order valence-corrected chi connectivity index (χ1v) is 14.7. The zero-order valence-corrected chi connectivity index (χ0v) is 27.9. The molecule has 0 aliphatic heterocycles. The van der Waals surface area contributed by atoms with E-state index in [2.05, 4.69) is 41.5 Å². The molecular formula is C36H50O6. The molecule has 0 aliphatic rings. The average molecular weight is 579 g/mol. The van der Waals surface area contributed by atoms with Gasteiger partial charge in [-0.15, -0.1) is 0 Å². The summed E-state index contributed by atoms with van der Waals surface area (Å²) in [6, 6.07) is 8.49. The van der Waals surface area contributed by atoms with Crippen LogP contribution in [0.25, 0.3) is 6.08 Å². The second-order valence-electron chi connectivity index (χ2n) is 14.2. The number of benzene rings is 2. The van der Waals surface area contributed by atoms with E-state index in [0.29, 0.717) is 22.8 Å². The van der Waals surface area contributed by atoms with Crippen LogP contribution in [0, 0.1) is 10.8 Å². The van der Waals surface area contributed by atoms with Gasteiger partial charge < -0.3 is 14.2 Å². The van der Waals surface area contributed by atoms with Gasteiger partial charge in [0.15, 0.2) is 5.78 Å². The number of ketones is 1. The van der Waals surface area contributed by atoms with Crippen LogP contribution in [-0.4, -0.2) is 24.8 Å². The highest BCUT2D eigenvalue weighted by atomic mass is 16.5. The number of carbonyl (C=O) groups is 3. The van der Waals surface area contributed by atoms with Gasteiger partial charge in [0.25, 0.3) is 0 Å². The van der Waals surface area contributed by atoms with Crippen molar-refractivity contribution in [2.45, 2.75) is 107 Å². The first-order valence-electron chi connectivity index (χ1n) is 14.7. The van der Waals surface area contributed by atoms with E-state index in [0.717, 1.165) is 29.5 Å². The monoisotopic (exact) mass is 578 g/mol. The van der Waals surface area contributed by atoms with E-state index >= 15 is 0 Å². The topological polar surface area (TPSA) is 78.9 Å². The molecule has 0 aromatic heterocycles. The quantitative estimate of drug-likeness (QED) is 0.121. The van der Waals surface area contributed by atoms with E-state index in [4.69, 9.17) is 14.2 Å². The highest BCUT2D eigenvalue weighted by Crippen LogP contribution is 2.49. The second kappa shape index (κ2) is 12.8. The van der Waals surface area contributed by atoms with Crippen LogP contribution in [0.1, 0.15) is 123 Å². The summed E-state index contributed by atoms with van der Waals surface area (Å²) in [4.78, 5) is 38.6. The number of ether oxygens (including phenoxy) is 3. The minimum atomic E-state index is -0.694. The minimum absolute atomic E-state index is 0.207. The summed E-state index contributed by atoms with van der Waals surface area (Å²) < 4.78 is 17.6. The number of hydrogen-bond donors (Lipinski definition) is 0. The van der Waals surface area contributed by atoms with Gasteiger partial charge in [0.05, 0.1) is 17.9 Å². The van der Waals surface area contributed by atoms with E-state index in [1.807, 2.05) is 26.8 Å². The lowest BCUT2D eigenvalue weighted by molar-refractivity contribution is -0.143. The molecule has 2 aromatic rings. The Balaban J connectivity index is 2.67. The molecule has 6 nitrogen and oxygen atoms in total. The fourth-order valence-electron chi connectivity index (χ4n) is 4.06. The maximum absolute atomic E-state index is 13.2. The van der Waals surface area contributed by atoms with Crippen LogP contribution in [-0.2, 0) is 20.4 Å². The molecule has 0 fully saturated rings. The Hall–Kier alpha value is -3.41. The second-order valence-corrected chi connectivity index (χ2v) is 14.2. The van der Waals surface area contributed by atoms with Crippen LogP contribution in [0.2, 0.25) is 0 Å². The zero-order valence-electron chi connectivity index (χ0n) is 27.9. The molecule has 0 saturated carbocycles. The molecule has 6 heteroatoms. The lowest BCUT2D eigenvalue weighted by atomic mass is 9.74. The Morgan fingerprint density at radius 2 is 1.21 bits per heavy atom. The maximum atomic E-state index is 13.2. The summed E-state index contributed by atoms with van der Waals surface area (Å²) in [7, 11) is 1.60. The molecule has 0 amide bonds. The zero-order chi connectivity index (χ0) is 32.3. The van der Waals surface area contributed by atoms with Gasteiger partial charge in [0.1, 0.15) is 17.2 Å². The van der Waals surface area contributed by atoms with Gasteiger partial charge in [-0.05, 0) is 108 Å². The normalized spacial score (nSPS) is 12.8. The van der Waals surface area contributed by atoms with Gasteiger partial charge in [0, 0.05) is 22.3 Å². The molecule has 0 unspecified atom stereocenters. The van der Waals surface area contributed by atoms with Crippen molar-refractivity contribution >= 4 is 23.8 Å². The summed E-state index contributed by atoms with van der Waals surface area (Å²) in [5.41, 5.74) is 0.827. The van der Waals surface area contributed by atoms with Gasteiger partial charge in [-0.2, -0.15) is 0 Å². The molecule has 230 valence electrons. The molecule has 0 saturated heterocycles. The van der Waals surface area contributed by atoms with Crippen molar-refractivity contribution in [2.75, 3.05) is 7.11 Å². The van der Waals surface area contributed by atoms with E-state index < -0.39 is 16.2 Å². The third-order valence-electron chi connectivity index (χ3n) is 7.82. The fraction of sp³-hybridized carbons (Fsp3) is 0.528. The lowest BCUT2D eigenvalue weighted by Crippen LogP contribution is -2.30. The fourth-order valence-corrected chi connectivity index (χ4v) is 4.06. The van der Waals surface area contributed by atoms with E-state index in [1.54, 1.807) is 58.2 Å². The molecule has 2 rings (SSSR count). The number of carbonyl (C=O) groups excluding carboxylic acids is 3. The third kappa shape index (κ3) is 8.11. The van der Waals surface area contributed by atoms with E-state index in [-0.39, 0.29) is 23.1 Å². The maximum Gasteiger partial charge on any atom is 0.316 e. The minimum Gasteiger partial charge on any atom is -0.496 e. The number of esters is 2. The molecule has 0 radical (unpaired) electrons. The molecule has 0 bridgehead atoms. The van der Waals surface area contributed by atoms with E-state index in [1.165, 1.54) is 6.08 Å². The van der Waals surface area contributed by atoms with Crippen molar-refractivity contribution in [3.05, 3.63) is 58.7 Å². The van der Waals surface area contributed by atoms with Crippen LogP contribution in [0.5, 0.6) is 17.2 Å². The Morgan fingerprint density at radius 3 is 1.67 bits per heavy atom. The number of rotatable bonds is 10. The Labute approximate surface area is 252 Å². The summed E-state index contributed by atoms with van der Waals surface area (Å²) in [5.74, 6) is 0.622. The van der Waals surface area contributed by atoms with Crippen molar-refractivity contribution in [3.63, 3.8) is 0 Å². The van der Waals surface area contributed by atoms with Gasteiger partial charge in [0.2, 0.25) is 0 Å². The van der Waals surface area contributed by atoms with Gasteiger partial charge >= 0.3 is 11.9 Å². The summed E-state index contributed by atoms with van der Waals surface area (Å²) in [5, 5.41) is 0. The van der Waals surface area contributed by atoms with Gasteiger partial charge in [-0.1, -0.05) is 41.5 Å². The third-order valence-corrected chi connectivity index (χ3v) is 7.82. The SMILES string of the molecule is CCC(C)(C)c1cc(/C=C/C(=O)c2ccc(OC(=O)C(C)(C)C)cc2)c(OC)c(C(C)(C)CC)c1OC(=O)C(C)(C)C. The van der Waals surface area contributed by atoms with Crippen LogP contribution < -0.4 is 14.2 Å². The van der Waals surface area contributed by atoms with Crippen molar-refractivity contribution in [3.8, 4) is 17.2 Å². The summed E-state index contributed by atoms with van der Waals surface area (Å²) in [6.45, 7) is 23.5. The first-order chi connectivity index (χ1) is 19.2. The number of allylic oxidation sites excluding steroid dienone is 1. The van der Waals surface area contributed by atoms with Gasteiger partial charge in [-0.3, -0.25) is 14.4 Å². The van der Waals surface area contributed by atoms with Crippen molar-refractivity contribution in [2.24, 2.45) is 10.8 Å². The van der Waals surface area contributed by atoms with Crippen LogP contribution in [0.15, 0.2) is 36.4 Å². The molecular weight excluding hydrogens is 528 g/mol. The number of methoxy groups -OCH3 is 1. The molecule has 0 spiro atoms. The van der Waals surface area contributed by atoms with Gasteiger partial charge in [-0.25, -0.2) is 0 Å². The lowest BCUT2D eigenvalue weighted by Gasteiger charge is -2.35. The van der Waals surface area contributed by atoms with Crippen LogP contribution in [0.4, 0.5) is 0 Å². The standard InChI is InChI=1S/C36H50O6/c1-14-35(9,10)26-22-24(18-21-27(37)23-16-19-25(20-17-23)41-31(38)33(3,4)5)29(40-13)28(36(11,12)15-2)30(26)42-32(39)34(6,7)8/h16-22H,14-15H2,1-13H3/b21-18+. The van der Waals surface area contributed by atoms with Crippen molar-refractivity contribution in [1.82, 2.24) is 0 Å². The van der Waals surface area contributed by atoms with Crippen molar-refractivity contribution in [1.29, 1.82) is 0 Å². The molecule has 0 atom stereocenters. The smallest absolute Gasteiger partial charge is 0.316 e. The summed E-state index contributed by atoms with van der Waals surface area (Å²) >= 11 is 0. The molecule has 0 heterocycles. The average Bonchev–Trinajstić information content (AvgIpc) is 2.90. The molecule has 2 aromatic carbocycles. The molecule has 0 N–H and O–H groups in total. The largest absolute Gasteiger partial charge is 0.496 e. The summed E-state index contributed by atoms with van der Waals surface area (Å²) in [6.07, 6.45) is 4.85. The van der Waals surface area contributed by atoms with Crippen LogP contribution in [0.3, 0.4) is 0 Å². The molecule has 0 aliphatic carbocycles. The predicted octanol–water partition coefficient (Wildman–Crippen LogP) is 8.87. The number of hydrogen-bond acceptors (Lipinski definition) is 6. The highest BCUT2D eigenvalue weighted by Gasteiger charge is 2.37.